The summed E-state index contributed by atoms with van der Waals surface area (Å²) in [4.78, 5) is 9.42. The number of para-hydroxylation sites is 1. The fourth-order valence-electron chi connectivity index (χ4n) is 2.75. The molecule has 1 fully saturated rings. The van der Waals surface area contributed by atoms with E-state index >= 15 is 0 Å². The Morgan fingerprint density at radius 3 is 3.00 bits per heavy atom. The zero-order chi connectivity index (χ0) is 14.8. The maximum absolute atomic E-state index is 5.68. The Kier molecular flexibility index (Phi) is 3.74. The molecule has 5 heteroatoms. The molecule has 3 aromatic rings. The lowest BCUT2D eigenvalue weighted by atomic mass is 10.2. The van der Waals surface area contributed by atoms with E-state index in [-0.39, 0.29) is 0 Å². The van der Waals surface area contributed by atoms with Gasteiger partial charge in [0.25, 0.3) is 0 Å². The third-order valence-electron chi connectivity index (χ3n) is 3.90. The van der Waals surface area contributed by atoms with Crippen LogP contribution in [-0.4, -0.2) is 29.2 Å². The summed E-state index contributed by atoms with van der Waals surface area (Å²) in [5.74, 6) is 1.66. The number of rotatable bonds is 4. The molecule has 4 rings (SSSR count). The highest BCUT2D eigenvalue weighted by atomic mass is 32.1. The number of thiophene rings is 1. The summed E-state index contributed by atoms with van der Waals surface area (Å²) in [5.41, 5.74) is 2.03. The molecular formula is C17H17N3OS. The van der Waals surface area contributed by atoms with Crippen molar-refractivity contribution in [2.24, 2.45) is 0 Å². The van der Waals surface area contributed by atoms with E-state index in [1.54, 1.807) is 11.3 Å². The highest BCUT2D eigenvalue weighted by molar-refractivity contribution is 7.08. The van der Waals surface area contributed by atoms with E-state index in [1.165, 1.54) is 0 Å². The largest absolute Gasteiger partial charge is 0.376 e. The second-order valence-electron chi connectivity index (χ2n) is 5.44. The van der Waals surface area contributed by atoms with Gasteiger partial charge in [-0.25, -0.2) is 9.97 Å². The molecule has 1 aliphatic rings. The van der Waals surface area contributed by atoms with E-state index in [1.807, 2.05) is 23.6 Å². The van der Waals surface area contributed by atoms with E-state index in [0.717, 1.165) is 54.1 Å². The van der Waals surface area contributed by atoms with Crippen LogP contribution in [0.2, 0.25) is 0 Å². The minimum absolute atomic E-state index is 0.290. The first-order valence-electron chi connectivity index (χ1n) is 7.55. The first kappa shape index (κ1) is 13.7. The van der Waals surface area contributed by atoms with Gasteiger partial charge >= 0.3 is 0 Å². The molecule has 0 saturated carbocycles. The monoisotopic (exact) mass is 311 g/mol. The lowest BCUT2D eigenvalue weighted by Gasteiger charge is -2.13. The molecule has 4 nitrogen and oxygen atoms in total. The number of hydrogen-bond acceptors (Lipinski definition) is 5. The Hall–Kier alpha value is -1.98. The standard InChI is InChI=1S/C17H17N3OS/c1-2-6-15-14(5-1)17(18-10-13-4-3-8-21-13)20-16(19-15)12-7-9-22-11-12/h1-2,5-7,9,11,13H,3-4,8,10H2,(H,18,19,20). The van der Waals surface area contributed by atoms with E-state index < -0.39 is 0 Å². The van der Waals surface area contributed by atoms with Gasteiger partial charge in [0.2, 0.25) is 0 Å². The number of benzene rings is 1. The number of ether oxygens (including phenoxy) is 1. The van der Waals surface area contributed by atoms with Gasteiger partial charge in [0, 0.05) is 29.5 Å². The molecule has 22 heavy (non-hydrogen) atoms. The summed E-state index contributed by atoms with van der Waals surface area (Å²) in [6.07, 6.45) is 2.56. The molecule has 0 spiro atoms. The Labute approximate surface area is 133 Å². The summed E-state index contributed by atoms with van der Waals surface area (Å²) in [5, 5.41) is 8.64. The quantitative estimate of drug-likeness (QED) is 0.792. The summed E-state index contributed by atoms with van der Waals surface area (Å²) in [6, 6.07) is 10.2. The fraction of sp³-hybridized carbons (Fsp3) is 0.294. The van der Waals surface area contributed by atoms with Gasteiger partial charge < -0.3 is 10.1 Å². The fourth-order valence-corrected chi connectivity index (χ4v) is 3.38. The first-order valence-corrected chi connectivity index (χ1v) is 8.49. The van der Waals surface area contributed by atoms with Gasteiger partial charge in [-0.3, -0.25) is 0 Å². The summed E-state index contributed by atoms with van der Waals surface area (Å²) in [6.45, 7) is 1.67. The van der Waals surface area contributed by atoms with Crippen LogP contribution < -0.4 is 5.32 Å². The van der Waals surface area contributed by atoms with Crippen molar-refractivity contribution >= 4 is 28.1 Å². The number of nitrogens with zero attached hydrogens (tertiary/aromatic N) is 2. The molecule has 0 radical (unpaired) electrons. The predicted molar refractivity (Wildman–Crippen MR) is 90.3 cm³/mol. The van der Waals surface area contributed by atoms with Crippen LogP contribution in [0.1, 0.15) is 12.8 Å². The third-order valence-corrected chi connectivity index (χ3v) is 4.59. The number of aromatic nitrogens is 2. The molecule has 1 atom stereocenters. The smallest absolute Gasteiger partial charge is 0.162 e. The maximum Gasteiger partial charge on any atom is 0.162 e. The SMILES string of the molecule is c1ccc2c(NCC3CCCO3)nc(-c3ccsc3)nc2c1. The molecule has 1 aromatic carbocycles. The molecule has 1 N–H and O–H groups in total. The summed E-state index contributed by atoms with van der Waals surface area (Å²) < 4.78 is 5.68. The Balaban J connectivity index is 1.70. The van der Waals surface area contributed by atoms with Crippen LogP contribution in [0.15, 0.2) is 41.1 Å². The summed E-state index contributed by atoms with van der Waals surface area (Å²) >= 11 is 1.66. The van der Waals surface area contributed by atoms with Crippen molar-refractivity contribution in [3.63, 3.8) is 0 Å². The number of anilines is 1. The lowest BCUT2D eigenvalue weighted by molar-refractivity contribution is 0.120. The van der Waals surface area contributed by atoms with Crippen LogP contribution in [0.25, 0.3) is 22.3 Å². The third kappa shape index (κ3) is 2.69. The van der Waals surface area contributed by atoms with Crippen LogP contribution in [0.5, 0.6) is 0 Å². The Morgan fingerprint density at radius 1 is 1.23 bits per heavy atom. The number of fused-ring (bicyclic) bond motifs is 1. The van der Waals surface area contributed by atoms with Crippen LogP contribution in [-0.2, 0) is 4.74 Å². The van der Waals surface area contributed by atoms with Gasteiger partial charge in [0.1, 0.15) is 5.82 Å². The Morgan fingerprint density at radius 2 is 2.18 bits per heavy atom. The van der Waals surface area contributed by atoms with Gasteiger partial charge in [-0.15, -0.1) is 0 Å². The second kappa shape index (κ2) is 6.02. The van der Waals surface area contributed by atoms with Crippen LogP contribution in [0.3, 0.4) is 0 Å². The van der Waals surface area contributed by atoms with E-state index in [9.17, 15) is 0 Å². The number of hydrogen-bond donors (Lipinski definition) is 1. The lowest BCUT2D eigenvalue weighted by Crippen LogP contribution is -2.19. The second-order valence-corrected chi connectivity index (χ2v) is 6.22. The maximum atomic E-state index is 5.68. The van der Waals surface area contributed by atoms with Crippen molar-refractivity contribution in [1.29, 1.82) is 0 Å². The molecule has 112 valence electrons. The van der Waals surface area contributed by atoms with E-state index in [0.29, 0.717) is 6.10 Å². The molecule has 0 aliphatic carbocycles. The molecule has 0 bridgehead atoms. The average molecular weight is 311 g/mol. The molecule has 1 saturated heterocycles. The van der Waals surface area contributed by atoms with Crippen LogP contribution >= 0.6 is 11.3 Å². The minimum Gasteiger partial charge on any atom is -0.376 e. The van der Waals surface area contributed by atoms with Crippen molar-refractivity contribution in [1.82, 2.24) is 9.97 Å². The van der Waals surface area contributed by atoms with Gasteiger partial charge in [0.15, 0.2) is 5.82 Å². The van der Waals surface area contributed by atoms with E-state index in [4.69, 9.17) is 9.72 Å². The van der Waals surface area contributed by atoms with Gasteiger partial charge in [-0.1, -0.05) is 12.1 Å². The molecule has 0 amide bonds. The van der Waals surface area contributed by atoms with Crippen molar-refractivity contribution < 1.29 is 4.74 Å². The number of nitrogens with one attached hydrogen (secondary N) is 1. The zero-order valence-corrected chi connectivity index (χ0v) is 13.0. The van der Waals surface area contributed by atoms with Crippen molar-refractivity contribution in [2.75, 3.05) is 18.5 Å². The molecule has 3 heterocycles. The van der Waals surface area contributed by atoms with Gasteiger partial charge in [-0.05, 0) is 36.4 Å². The average Bonchev–Trinajstić information content (AvgIpc) is 3.25. The van der Waals surface area contributed by atoms with Crippen LogP contribution in [0.4, 0.5) is 5.82 Å². The first-order chi connectivity index (χ1) is 10.9. The highest BCUT2D eigenvalue weighted by Crippen LogP contribution is 2.26. The molecule has 1 aliphatic heterocycles. The minimum atomic E-state index is 0.290. The van der Waals surface area contributed by atoms with Gasteiger partial charge in [-0.2, -0.15) is 11.3 Å². The Bertz CT molecular complexity index is 767. The molecule has 2 aromatic heterocycles. The van der Waals surface area contributed by atoms with E-state index in [2.05, 4.69) is 27.8 Å². The highest BCUT2D eigenvalue weighted by Gasteiger charge is 2.16. The molecular weight excluding hydrogens is 294 g/mol. The molecule has 1 unspecified atom stereocenters. The summed E-state index contributed by atoms with van der Waals surface area (Å²) in [7, 11) is 0. The normalized spacial score (nSPS) is 17.9. The van der Waals surface area contributed by atoms with Crippen molar-refractivity contribution in [2.45, 2.75) is 18.9 Å². The van der Waals surface area contributed by atoms with Crippen molar-refractivity contribution in [3.05, 3.63) is 41.1 Å². The zero-order valence-electron chi connectivity index (χ0n) is 12.2. The van der Waals surface area contributed by atoms with Crippen LogP contribution in [0, 0.1) is 0 Å². The van der Waals surface area contributed by atoms with Gasteiger partial charge in [0.05, 0.1) is 11.6 Å². The van der Waals surface area contributed by atoms with Crippen molar-refractivity contribution in [3.8, 4) is 11.4 Å². The topological polar surface area (TPSA) is 47.0 Å². The predicted octanol–water partition coefficient (Wildman–Crippen LogP) is 3.95.